The number of nitrogens with zero attached hydrogens (tertiary/aromatic N) is 2. The van der Waals surface area contributed by atoms with Crippen LogP contribution in [-0.4, -0.2) is 4.98 Å². The van der Waals surface area contributed by atoms with Gasteiger partial charge < -0.3 is 0 Å². The number of pyridine rings is 1. The number of halogens is 3. The van der Waals surface area contributed by atoms with Crippen molar-refractivity contribution in [3.05, 3.63) is 40.6 Å². The van der Waals surface area contributed by atoms with Gasteiger partial charge in [-0.3, -0.25) is 4.98 Å². The Morgan fingerprint density at radius 3 is 2.60 bits per heavy atom. The standard InChI is InChI=1S/C10H3ClF2N2/c11-10-5(3-14)4-15-9-2-8(13)7(12)1-6(9)10/h1-2,4H. The molecule has 1 aromatic heterocycles. The van der Waals surface area contributed by atoms with E-state index in [-0.39, 0.29) is 21.5 Å². The number of benzene rings is 1. The monoisotopic (exact) mass is 224 g/mol. The number of aromatic nitrogens is 1. The van der Waals surface area contributed by atoms with Crippen LogP contribution in [0.2, 0.25) is 5.02 Å². The summed E-state index contributed by atoms with van der Waals surface area (Å²) in [4.78, 5) is 3.80. The zero-order valence-corrected chi connectivity index (χ0v) is 8.02. The first-order valence-corrected chi connectivity index (χ1v) is 4.34. The zero-order valence-electron chi connectivity index (χ0n) is 7.26. The van der Waals surface area contributed by atoms with Gasteiger partial charge in [-0.25, -0.2) is 8.78 Å². The van der Waals surface area contributed by atoms with Crippen LogP contribution in [0.15, 0.2) is 18.3 Å². The van der Waals surface area contributed by atoms with Gasteiger partial charge in [-0.05, 0) is 6.07 Å². The maximum Gasteiger partial charge on any atom is 0.161 e. The topological polar surface area (TPSA) is 36.7 Å². The predicted octanol–water partition coefficient (Wildman–Crippen LogP) is 3.04. The Kier molecular flexibility index (Phi) is 2.25. The Balaban J connectivity index is 2.89. The van der Waals surface area contributed by atoms with Crippen molar-refractivity contribution in [3.63, 3.8) is 0 Å². The van der Waals surface area contributed by atoms with Crippen molar-refractivity contribution in [2.24, 2.45) is 0 Å². The average molecular weight is 225 g/mol. The summed E-state index contributed by atoms with van der Waals surface area (Å²) in [5.74, 6) is -2.00. The number of nitriles is 1. The predicted molar refractivity (Wildman–Crippen MR) is 51.4 cm³/mol. The minimum Gasteiger partial charge on any atom is -0.255 e. The highest BCUT2D eigenvalue weighted by Gasteiger charge is 2.10. The van der Waals surface area contributed by atoms with Crippen LogP contribution in [-0.2, 0) is 0 Å². The summed E-state index contributed by atoms with van der Waals surface area (Å²) in [6.07, 6.45) is 1.22. The van der Waals surface area contributed by atoms with E-state index in [4.69, 9.17) is 16.9 Å². The molecule has 0 unspecified atom stereocenters. The minimum absolute atomic E-state index is 0.0846. The van der Waals surface area contributed by atoms with Gasteiger partial charge in [-0.1, -0.05) is 11.6 Å². The van der Waals surface area contributed by atoms with Crippen LogP contribution in [0.4, 0.5) is 8.78 Å². The molecular formula is C10H3ClF2N2. The Morgan fingerprint density at radius 1 is 1.27 bits per heavy atom. The van der Waals surface area contributed by atoms with Crippen LogP contribution < -0.4 is 0 Å². The van der Waals surface area contributed by atoms with Gasteiger partial charge in [0.1, 0.15) is 6.07 Å². The van der Waals surface area contributed by atoms with Gasteiger partial charge in [0.15, 0.2) is 11.6 Å². The molecule has 2 aromatic rings. The summed E-state index contributed by atoms with van der Waals surface area (Å²) < 4.78 is 25.8. The van der Waals surface area contributed by atoms with Crippen molar-refractivity contribution >= 4 is 22.5 Å². The zero-order chi connectivity index (χ0) is 11.0. The van der Waals surface area contributed by atoms with E-state index in [1.165, 1.54) is 6.20 Å². The number of hydrogen-bond acceptors (Lipinski definition) is 2. The third-order valence-electron chi connectivity index (χ3n) is 1.96. The quantitative estimate of drug-likeness (QED) is 0.690. The second kappa shape index (κ2) is 3.44. The molecule has 0 fully saturated rings. The first-order chi connectivity index (χ1) is 7.13. The van der Waals surface area contributed by atoms with Crippen LogP contribution in [0.3, 0.4) is 0 Å². The number of rotatable bonds is 0. The van der Waals surface area contributed by atoms with E-state index in [9.17, 15) is 8.78 Å². The van der Waals surface area contributed by atoms with Crippen LogP contribution in [0, 0.1) is 23.0 Å². The molecule has 2 nitrogen and oxygen atoms in total. The van der Waals surface area contributed by atoms with Crippen molar-refractivity contribution in [1.82, 2.24) is 4.98 Å². The highest BCUT2D eigenvalue weighted by atomic mass is 35.5. The summed E-state index contributed by atoms with van der Waals surface area (Å²) in [5.41, 5.74) is 0.355. The molecule has 0 aliphatic rings. The van der Waals surface area contributed by atoms with Crippen molar-refractivity contribution in [3.8, 4) is 6.07 Å². The molecular weight excluding hydrogens is 222 g/mol. The van der Waals surface area contributed by atoms with Gasteiger partial charge >= 0.3 is 0 Å². The maximum atomic E-state index is 12.9. The lowest BCUT2D eigenvalue weighted by molar-refractivity contribution is 0.510. The molecule has 0 amide bonds. The van der Waals surface area contributed by atoms with Gasteiger partial charge in [0, 0.05) is 17.6 Å². The van der Waals surface area contributed by atoms with Gasteiger partial charge in [0.25, 0.3) is 0 Å². The molecule has 0 saturated heterocycles. The molecule has 5 heteroatoms. The summed E-state index contributed by atoms with van der Waals surface area (Å²) in [7, 11) is 0. The first kappa shape index (κ1) is 9.81. The molecule has 1 heterocycles. The van der Waals surface area contributed by atoms with E-state index >= 15 is 0 Å². The molecule has 0 saturated carbocycles. The third kappa shape index (κ3) is 1.51. The van der Waals surface area contributed by atoms with E-state index in [0.717, 1.165) is 12.1 Å². The molecule has 0 bridgehead atoms. The van der Waals surface area contributed by atoms with E-state index in [1.807, 2.05) is 6.07 Å². The molecule has 74 valence electrons. The lowest BCUT2D eigenvalue weighted by Gasteiger charge is -2.02. The van der Waals surface area contributed by atoms with Crippen LogP contribution in [0.1, 0.15) is 5.56 Å². The molecule has 0 aliphatic carbocycles. The summed E-state index contributed by atoms with van der Waals surface area (Å²) >= 11 is 5.81. The summed E-state index contributed by atoms with van der Waals surface area (Å²) in [6.45, 7) is 0. The van der Waals surface area contributed by atoms with Crippen LogP contribution in [0.5, 0.6) is 0 Å². The molecule has 0 radical (unpaired) electrons. The van der Waals surface area contributed by atoms with Gasteiger partial charge in [0.05, 0.1) is 16.1 Å². The lowest BCUT2D eigenvalue weighted by Crippen LogP contribution is -1.89. The fourth-order valence-electron chi connectivity index (χ4n) is 1.23. The third-order valence-corrected chi connectivity index (χ3v) is 2.37. The SMILES string of the molecule is N#Cc1cnc2cc(F)c(F)cc2c1Cl. The number of hydrogen-bond donors (Lipinski definition) is 0. The molecule has 0 spiro atoms. The molecule has 0 aliphatic heterocycles. The number of fused-ring (bicyclic) bond motifs is 1. The van der Waals surface area contributed by atoms with Crippen LogP contribution in [0.25, 0.3) is 10.9 Å². The van der Waals surface area contributed by atoms with Crippen molar-refractivity contribution in [1.29, 1.82) is 5.26 Å². The average Bonchev–Trinajstić information content (AvgIpc) is 2.22. The smallest absolute Gasteiger partial charge is 0.161 e. The van der Waals surface area contributed by atoms with Gasteiger partial charge in [-0.2, -0.15) is 5.26 Å². The molecule has 15 heavy (non-hydrogen) atoms. The molecule has 1 aromatic carbocycles. The van der Waals surface area contributed by atoms with E-state index in [0.29, 0.717) is 0 Å². The fourth-order valence-corrected chi connectivity index (χ4v) is 1.48. The Hall–Kier alpha value is -1.73. The minimum atomic E-state index is -1.01. The normalized spacial score (nSPS) is 10.3. The molecule has 0 atom stereocenters. The van der Waals surface area contributed by atoms with Crippen molar-refractivity contribution in [2.45, 2.75) is 0 Å². The second-order valence-electron chi connectivity index (χ2n) is 2.88. The van der Waals surface area contributed by atoms with E-state index in [1.54, 1.807) is 0 Å². The molecule has 2 rings (SSSR count). The highest BCUT2D eigenvalue weighted by Crippen LogP contribution is 2.26. The Labute approximate surface area is 88.7 Å². The van der Waals surface area contributed by atoms with Crippen molar-refractivity contribution in [2.75, 3.05) is 0 Å². The van der Waals surface area contributed by atoms with E-state index in [2.05, 4.69) is 4.98 Å². The highest BCUT2D eigenvalue weighted by molar-refractivity contribution is 6.36. The fraction of sp³-hybridized carbons (Fsp3) is 0. The Bertz CT molecular complexity index is 590. The molecule has 0 N–H and O–H groups in total. The summed E-state index contributed by atoms with van der Waals surface area (Å²) in [6, 6.07) is 3.68. The van der Waals surface area contributed by atoms with Gasteiger partial charge in [0.2, 0.25) is 0 Å². The summed E-state index contributed by atoms with van der Waals surface area (Å²) in [5, 5.41) is 8.98. The lowest BCUT2D eigenvalue weighted by atomic mass is 10.1. The van der Waals surface area contributed by atoms with E-state index < -0.39 is 11.6 Å². The van der Waals surface area contributed by atoms with Gasteiger partial charge in [-0.15, -0.1) is 0 Å². The first-order valence-electron chi connectivity index (χ1n) is 3.97. The van der Waals surface area contributed by atoms with Crippen LogP contribution >= 0.6 is 11.6 Å². The maximum absolute atomic E-state index is 12.9. The Morgan fingerprint density at radius 2 is 1.93 bits per heavy atom. The van der Waals surface area contributed by atoms with Crippen molar-refractivity contribution < 1.29 is 8.78 Å². The second-order valence-corrected chi connectivity index (χ2v) is 3.26. The largest absolute Gasteiger partial charge is 0.255 e.